The molecule has 0 saturated carbocycles. The molecule has 2 atom stereocenters. The maximum Gasteiger partial charge on any atom is 0.321 e. The van der Waals surface area contributed by atoms with Gasteiger partial charge in [-0.2, -0.15) is 0 Å². The fourth-order valence-electron chi connectivity index (χ4n) is 2.54. The highest BCUT2D eigenvalue weighted by Gasteiger charge is 2.33. The van der Waals surface area contributed by atoms with Gasteiger partial charge in [-0.05, 0) is 25.6 Å². The minimum atomic E-state index is -0.889. The third kappa shape index (κ3) is 2.84. The Hall–Kier alpha value is -1.69. The number of likely N-dealkylation sites (N-methyl/N-ethyl adjacent to an activating group) is 1. The SMILES string of the molecule is CNC(C(=O)O)C1CCN(c2ccc(F)c(F)c2)C1. The van der Waals surface area contributed by atoms with E-state index in [4.69, 9.17) is 5.11 Å². The molecule has 19 heavy (non-hydrogen) atoms. The van der Waals surface area contributed by atoms with Crippen LogP contribution in [0, 0.1) is 17.6 Å². The second kappa shape index (κ2) is 5.52. The van der Waals surface area contributed by atoms with Crippen LogP contribution in [0.5, 0.6) is 0 Å². The number of halogens is 2. The van der Waals surface area contributed by atoms with Crippen molar-refractivity contribution in [3.05, 3.63) is 29.8 Å². The molecular weight excluding hydrogens is 254 g/mol. The van der Waals surface area contributed by atoms with E-state index in [-0.39, 0.29) is 5.92 Å². The third-order valence-corrected chi connectivity index (χ3v) is 3.54. The third-order valence-electron chi connectivity index (χ3n) is 3.54. The predicted octanol–water partition coefficient (Wildman–Crippen LogP) is 1.46. The first-order valence-electron chi connectivity index (χ1n) is 6.13. The number of hydrogen-bond donors (Lipinski definition) is 2. The highest BCUT2D eigenvalue weighted by Crippen LogP contribution is 2.27. The number of carboxylic acids is 1. The number of anilines is 1. The molecule has 0 aliphatic carbocycles. The van der Waals surface area contributed by atoms with Crippen LogP contribution >= 0.6 is 0 Å². The van der Waals surface area contributed by atoms with Crippen molar-refractivity contribution in [2.45, 2.75) is 12.5 Å². The number of aliphatic carboxylic acids is 1. The molecule has 104 valence electrons. The Balaban J connectivity index is 2.09. The fraction of sp³-hybridized carbons (Fsp3) is 0.462. The number of nitrogens with zero attached hydrogens (tertiary/aromatic N) is 1. The maximum atomic E-state index is 13.2. The van der Waals surface area contributed by atoms with Gasteiger partial charge in [-0.3, -0.25) is 4.79 Å². The van der Waals surface area contributed by atoms with Crippen molar-refractivity contribution in [1.29, 1.82) is 0 Å². The second-order valence-corrected chi connectivity index (χ2v) is 4.70. The molecule has 1 fully saturated rings. The van der Waals surface area contributed by atoms with E-state index < -0.39 is 23.6 Å². The molecule has 2 N–H and O–H groups in total. The molecule has 1 aliphatic rings. The molecule has 0 amide bonds. The average molecular weight is 270 g/mol. The monoisotopic (exact) mass is 270 g/mol. The second-order valence-electron chi connectivity index (χ2n) is 4.70. The smallest absolute Gasteiger partial charge is 0.321 e. The van der Waals surface area contributed by atoms with Crippen LogP contribution < -0.4 is 10.2 Å². The first-order valence-corrected chi connectivity index (χ1v) is 6.13. The highest BCUT2D eigenvalue weighted by molar-refractivity contribution is 5.74. The van der Waals surface area contributed by atoms with E-state index in [0.717, 1.165) is 12.1 Å². The number of benzene rings is 1. The molecule has 1 heterocycles. The summed E-state index contributed by atoms with van der Waals surface area (Å²) < 4.78 is 26.0. The van der Waals surface area contributed by atoms with Crippen LogP contribution in [0.1, 0.15) is 6.42 Å². The van der Waals surface area contributed by atoms with E-state index in [1.54, 1.807) is 7.05 Å². The van der Waals surface area contributed by atoms with Crippen LogP contribution in [0.15, 0.2) is 18.2 Å². The van der Waals surface area contributed by atoms with Crippen LogP contribution in [0.3, 0.4) is 0 Å². The van der Waals surface area contributed by atoms with Gasteiger partial charge in [-0.1, -0.05) is 0 Å². The van der Waals surface area contributed by atoms with Crippen LogP contribution in [-0.2, 0) is 4.79 Å². The molecule has 1 saturated heterocycles. The van der Waals surface area contributed by atoms with E-state index >= 15 is 0 Å². The summed E-state index contributed by atoms with van der Waals surface area (Å²) >= 11 is 0. The Morgan fingerprint density at radius 2 is 2.21 bits per heavy atom. The van der Waals surface area contributed by atoms with Crippen molar-refractivity contribution in [2.24, 2.45) is 5.92 Å². The fourth-order valence-corrected chi connectivity index (χ4v) is 2.54. The molecule has 0 aromatic heterocycles. The highest BCUT2D eigenvalue weighted by atomic mass is 19.2. The number of carboxylic acid groups (broad SMARTS) is 1. The van der Waals surface area contributed by atoms with Gasteiger partial charge in [-0.15, -0.1) is 0 Å². The van der Waals surface area contributed by atoms with Gasteiger partial charge in [0.1, 0.15) is 6.04 Å². The van der Waals surface area contributed by atoms with Gasteiger partial charge < -0.3 is 15.3 Å². The van der Waals surface area contributed by atoms with Gasteiger partial charge in [0.15, 0.2) is 11.6 Å². The zero-order chi connectivity index (χ0) is 14.0. The van der Waals surface area contributed by atoms with Crippen molar-refractivity contribution in [2.75, 3.05) is 25.0 Å². The van der Waals surface area contributed by atoms with Gasteiger partial charge in [0, 0.05) is 30.8 Å². The zero-order valence-corrected chi connectivity index (χ0v) is 10.6. The van der Waals surface area contributed by atoms with Gasteiger partial charge in [0.05, 0.1) is 0 Å². The molecule has 4 nitrogen and oxygen atoms in total. The van der Waals surface area contributed by atoms with Crippen LogP contribution in [0.4, 0.5) is 14.5 Å². The number of nitrogens with one attached hydrogen (secondary N) is 1. The molecule has 0 radical (unpaired) electrons. The van der Waals surface area contributed by atoms with E-state index in [0.29, 0.717) is 25.2 Å². The van der Waals surface area contributed by atoms with E-state index in [9.17, 15) is 13.6 Å². The molecule has 0 bridgehead atoms. The van der Waals surface area contributed by atoms with E-state index in [1.807, 2.05) is 4.90 Å². The molecule has 0 spiro atoms. The normalized spacial score (nSPS) is 20.6. The van der Waals surface area contributed by atoms with Crippen molar-refractivity contribution >= 4 is 11.7 Å². The van der Waals surface area contributed by atoms with E-state index in [1.165, 1.54) is 6.07 Å². The van der Waals surface area contributed by atoms with Crippen LogP contribution in [-0.4, -0.2) is 37.3 Å². The average Bonchev–Trinajstić information content (AvgIpc) is 2.82. The summed E-state index contributed by atoms with van der Waals surface area (Å²) in [6, 6.07) is 3.13. The quantitative estimate of drug-likeness (QED) is 0.870. The Labute approximate surface area is 110 Å². The first-order chi connectivity index (χ1) is 9.02. The van der Waals surface area contributed by atoms with Crippen LogP contribution in [0.25, 0.3) is 0 Å². The summed E-state index contributed by atoms with van der Waals surface area (Å²) in [5.74, 6) is -2.70. The van der Waals surface area contributed by atoms with Crippen molar-refractivity contribution in [3.8, 4) is 0 Å². The summed E-state index contributed by atoms with van der Waals surface area (Å²) in [5, 5.41) is 11.9. The largest absolute Gasteiger partial charge is 0.480 e. The topological polar surface area (TPSA) is 52.6 Å². The van der Waals surface area contributed by atoms with Crippen molar-refractivity contribution < 1.29 is 18.7 Å². The van der Waals surface area contributed by atoms with Gasteiger partial charge >= 0.3 is 5.97 Å². The lowest BCUT2D eigenvalue weighted by Gasteiger charge is -2.21. The Morgan fingerprint density at radius 1 is 1.47 bits per heavy atom. The lowest BCUT2D eigenvalue weighted by Crippen LogP contribution is -2.42. The summed E-state index contributed by atoms with van der Waals surface area (Å²) in [6.07, 6.45) is 0.705. The lowest BCUT2D eigenvalue weighted by molar-refractivity contribution is -0.140. The molecule has 1 aromatic carbocycles. The first kappa shape index (κ1) is 13.7. The molecule has 2 rings (SSSR count). The Bertz CT molecular complexity index is 482. The zero-order valence-electron chi connectivity index (χ0n) is 10.6. The Kier molecular flexibility index (Phi) is 3.99. The summed E-state index contributed by atoms with van der Waals surface area (Å²) in [7, 11) is 1.61. The molecule has 1 aliphatic heterocycles. The molecule has 6 heteroatoms. The minimum absolute atomic E-state index is 0.0457. The number of rotatable bonds is 4. The van der Waals surface area contributed by atoms with Gasteiger partial charge in [0.25, 0.3) is 0 Å². The van der Waals surface area contributed by atoms with Gasteiger partial charge in [0.2, 0.25) is 0 Å². The van der Waals surface area contributed by atoms with Crippen molar-refractivity contribution in [3.63, 3.8) is 0 Å². The van der Waals surface area contributed by atoms with E-state index in [2.05, 4.69) is 5.32 Å². The number of carbonyl (C=O) groups is 1. The van der Waals surface area contributed by atoms with Crippen molar-refractivity contribution in [1.82, 2.24) is 5.32 Å². The van der Waals surface area contributed by atoms with Crippen LogP contribution in [0.2, 0.25) is 0 Å². The molecule has 2 unspecified atom stereocenters. The summed E-state index contributed by atoms with van der Waals surface area (Å²) in [6.45, 7) is 1.16. The summed E-state index contributed by atoms with van der Waals surface area (Å²) in [4.78, 5) is 12.9. The lowest BCUT2D eigenvalue weighted by atomic mass is 9.99. The number of hydrogen-bond acceptors (Lipinski definition) is 3. The maximum absolute atomic E-state index is 13.2. The summed E-state index contributed by atoms with van der Waals surface area (Å²) in [5.41, 5.74) is 0.585. The minimum Gasteiger partial charge on any atom is -0.480 e. The predicted molar refractivity (Wildman–Crippen MR) is 67.2 cm³/mol. The van der Waals surface area contributed by atoms with Gasteiger partial charge in [-0.25, -0.2) is 8.78 Å². The molecular formula is C13H16F2N2O2. The standard InChI is InChI=1S/C13H16F2N2O2/c1-16-12(13(18)19)8-4-5-17(7-8)9-2-3-10(14)11(15)6-9/h2-3,6,8,12,16H,4-5,7H2,1H3,(H,18,19). The Morgan fingerprint density at radius 3 is 2.79 bits per heavy atom. The molecule has 1 aromatic rings.